The molecule has 1 aromatic rings. The van der Waals surface area contributed by atoms with Crippen LogP contribution in [0.5, 0.6) is 0 Å². The zero-order valence-electron chi connectivity index (χ0n) is 8.43. The molecule has 3 heteroatoms. The maximum Gasteiger partial charge on any atom is 0.261 e. The SMILES string of the molecule is CNC(=O)c1cc2c(s1)CCCCC2. The van der Waals surface area contributed by atoms with Gasteiger partial charge in [0, 0.05) is 11.9 Å². The summed E-state index contributed by atoms with van der Waals surface area (Å²) in [5.74, 6) is 0.0584. The molecule has 1 heterocycles. The minimum absolute atomic E-state index is 0.0584. The lowest BCUT2D eigenvalue weighted by atomic mass is 10.1. The highest BCUT2D eigenvalue weighted by molar-refractivity contribution is 7.14. The Bertz CT molecular complexity index is 320. The van der Waals surface area contributed by atoms with E-state index in [0.717, 1.165) is 17.7 Å². The van der Waals surface area contributed by atoms with Gasteiger partial charge in [0.1, 0.15) is 0 Å². The van der Waals surface area contributed by atoms with Crippen LogP contribution >= 0.6 is 11.3 Å². The molecule has 0 radical (unpaired) electrons. The number of aryl methyl sites for hydroxylation is 2. The van der Waals surface area contributed by atoms with Crippen molar-refractivity contribution in [2.24, 2.45) is 0 Å². The second kappa shape index (κ2) is 4.13. The van der Waals surface area contributed by atoms with Crippen LogP contribution in [-0.4, -0.2) is 13.0 Å². The largest absolute Gasteiger partial charge is 0.354 e. The van der Waals surface area contributed by atoms with Crippen LogP contribution in [0.25, 0.3) is 0 Å². The third kappa shape index (κ3) is 1.82. The fourth-order valence-corrected chi connectivity index (χ4v) is 3.10. The monoisotopic (exact) mass is 209 g/mol. The molecule has 76 valence electrons. The van der Waals surface area contributed by atoms with Gasteiger partial charge < -0.3 is 5.32 Å². The third-order valence-electron chi connectivity index (χ3n) is 2.70. The molecule has 1 aliphatic rings. The van der Waals surface area contributed by atoms with Crippen LogP contribution in [0.4, 0.5) is 0 Å². The fourth-order valence-electron chi connectivity index (χ4n) is 1.90. The molecule has 0 saturated heterocycles. The molecule has 2 nitrogen and oxygen atoms in total. The third-order valence-corrected chi connectivity index (χ3v) is 3.93. The first-order chi connectivity index (χ1) is 6.81. The Kier molecular flexibility index (Phi) is 2.87. The molecule has 0 aromatic carbocycles. The van der Waals surface area contributed by atoms with E-state index in [2.05, 4.69) is 11.4 Å². The summed E-state index contributed by atoms with van der Waals surface area (Å²) in [4.78, 5) is 13.7. The van der Waals surface area contributed by atoms with Crippen LogP contribution in [0.15, 0.2) is 6.07 Å². The van der Waals surface area contributed by atoms with Crippen LogP contribution in [0.1, 0.15) is 39.4 Å². The van der Waals surface area contributed by atoms with Gasteiger partial charge in [-0.1, -0.05) is 6.42 Å². The van der Waals surface area contributed by atoms with Crippen LogP contribution in [0, 0.1) is 0 Å². The summed E-state index contributed by atoms with van der Waals surface area (Å²) in [5.41, 5.74) is 1.41. The molecule has 0 atom stereocenters. The molecule has 0 bridgehead atoms. The topological polar surface area (TPSA) is 29.1 Å². The average molecular weight is 209 g/mol. The number of carbonyl (C=O) groups is 1. The Morgan fingerprint density at radius 2 is 2.14 bits per heavy atom. The van der Waals surface area contributed by atoms with Gasteiger partial charge in [-0.3, -0.25) is 4.79 Å². The highest BCUT2D eigenvalue weighted by Gasteiger charge is 2.15. The van der Waals surface area contributed by atoms with Crippen molar-refractivity contribution in [1.82, 2.24) is 5.32 Å². The van der Waals surface area contributed by atoms with Crippen molar-refractivity contribution in [3.05, 3.63) is 21.4 Å². The first-order valence-electron chi connectivity index (χ1n) is 5.15. The predicted molar refractivity (Wildman–Crippen MR) is 59.0 cm³/mol. The van der Waals surface area contributed by atoms with E-state index in [9.17, 15) is 4.79 Å². The van der Waals surface area contributed by atoms with Gasteiger partial charge in [-0.25, -0.2) is 0 Å². The molecule has 14 heavy (non-hydrogen) atoms. The first-order valence-corrected chi connectivity index (χ1v) is 5.96. The number of fused-ring (bicyclic) bond motifs is 1. The van der Waals surface area contributed by atoms with Gasteiger partial charge in [-0.05, 0) is 37.3 Å². The molecule has 0 spiro atoms. The summed E-state index contributed by atoms with van der Waals surface area (Å²) in [5, 5.41) is 2.68. The molecule has 1 aromatic heterocycles. The van der Waals surface area contributed by atoms with Gasteiger partial charge >= 0.3 is 0 Å². The highest BCUT2D eigenvalue weighted by atomic mass is 32.1. The molecule has 0 unspecified atom stereocenters. The molecule has 0 aliphatic heterocycles. The van der Waals surface area contributed by atoms with Crippen LogP contribution in [0.2, 0.25) is 0 Å². The maximum atomic E-state index is 11.4. The Morgan fingerprint density at radius 1 is 1.36 bits per heavy atom. The molecule has 0 fully saturated rings. The minimum Gasteiger partial charge on any atom is -0.354 e. The normalized spacial score (nSPS) is 15.8. The van der Waals surface area contributed by atoms with Crippen molar-refractivity contribution in [3.8, 4) is 0 Å². The van der Waals surface area contributed by atoms with E-state index in [4.69, 9.17) is 0 Å². The van der Waals surface area contributed by atoms with Crippen molar-refractivity contribution in [2.75, 3.05) is 7.05 Å². The summed E-state index contributed by atoms with van der Waals surface area (Å²) in [7, 11) is 1.69. The summed E-state index contributed by atoms with van der Waals surface area (Å²) in [6.07, 6.45) is 6.20. The number of carbonyl (C=O) groups excluding carboxylic acids is 1. The van der Waals surface area contributed by atoms with Crippen molar-refractivity contribution in [2.45, 2.75) is 32.1 Å². The molecule has 0 saturated carbocycles. The van der Waals surface area contributed by atoms with Gasteiger partial charge in [0.25, 0.3) is 5.91 Å². The average Bonchev–Trinajstić information content (AvgIpc) is 2.49. The Balaban J connectivity index is 2.26. The quantitative estimate of drug-likeness (QED) is 0.707. The molecular weight excluding hydrogens is 194 g/mol. The van der Waals surface area contributed by atoms with E-state index >= 15 is 0 Å². The Morgan fingerprint density at radius 3 is 2.93 bits per heavy atom. The fraction of sp³-hybridized carbons (Fsp3) is 0.545. The minimum atomic E-state index is 0.0584. The van der Waals surface area contributed by atoms with Gasteiger partial charge in [-0.15, -0.1) is 11.3 Å². The molecular formula is C11H15NOS. The molecule has 1 amide bonds. The zero-order chi connectivity index (χ0) is 9.97. The second-order valence-electron chi connectivity index (χ2n) is 3.70. The lowest BCUT2D eigenvalue weighted by Gasteiger charge is -1.94. The zero-order valence-corrected chi connectivity index (χ0v) is 9.25. The van der Waals surface area contributed by atoms with Gasteiger partial charge in [-0.2, -0.15) is 0 Å². The van der Waals surface area contributed by atoms with E-state index in [-0.39, 0.29) is 5.91 Å². The van der Waals surface area contributed by atoms with E-state index in [1.807, 2.05) is 0 Å². The number of thiophene rings is 1. The summed E-state index contributed by atoms with van der Waals surface area (Å²) >= 11 is 1.67. The Hall–Kier alpha value is -0.830. The van der Waals surface area contributed by atoms with Crippen LogP contribution in [-0.2, 0) is 12.8 Å². The van der Waals surface area contributed by atoms with Crippen molar-refractivity contribution in [3.63, 3.8) is 0 Å². The number of hydrogen-bond donors (Lipinski definition) is 1. The summed E-state index contributed by atoms with van der Waals surface area (Å²) < 4.78 is 0. The first kappa shape index (κ1) is 9.71. The number of rotatable bonds is 1. The molecule has 1 aliphatic carbocycles. The molecule has 1 N–H and O–H groups in total. The molecule has 2 rings (SSSR count). The van der Waals surface area contributed by atoms with Crippen LogP contribution < -0.4 is 5.32 Å². The lowest BCUT2D eigenvalue weighted by Crippen LogP contribution is -2.16. The van der Waals surface area contributed by atoms with E-state index in [0.29, 0.717) is 0 Å². The maximum absolute atomic E-state index is 11.4. The standard InChI is InChI=1S/C11H15NOS/c1-12-11(13)10-7-8-5-3-2-4-6-9(8)14-10/h7H,2-6H2,1H3,(H,12,13). The van der Waals surface area contributed by atoms with E-state index in [1.54, 1.807) is 18.4 Å². The summed E-state index contributed by atoms with van der Waals surface area (Å²) in [6, 6.07) is 2.07. The number of hydrogen-bond acceptors (Lipinski definition) is 2. The van der Waals surface area contributed by atoms with Crippen LogP contribution in [0.3, 0.4) is 0 Å². The predicted octanol–water partition coefficient (Wildman–Crippen LogP) is 2.38. The van der Waals surface area contributed by atoms with Crippen molar-refractivity contribution < 1.29 is 4.79 Å². The number of nitrogens with one attached hydrogen (secondary N) is 1. The van der Waals surface area contributed by atoms with Gasteiger partial charge in [0.2, 0.25) is 0 Å². The van der Waals surface area contributed by atoms with Crippen molar-refractivity contribution in [1.29, 1.82) is 0 Å². The van der Waals surface area contributed by atoms with Gasteiger partial charge in [0.05, 0.1) is 4.88 Å². The lowest BCUT2D eigenvalue weighted by molar-refractivity contribution is 0.0967. The summed E-state index contributed by atoms with van der Waals surface area (Å²) in [6.45, 7) is 0. The Labute approximate surface area is 88.3 Å². The number of amides is 1. The highest BCUT2D eigenvalue weighted by Crippen LogP contribution is 2.28. The van der Waals surface area contributed by atoms with E-state index < -0.39 is 0 Å². The second-order valence-corrected chi connectivity index (χ2v) is 4.84. The van der Waals surface area contributed by atoms with E-state index in [1.165, 1.54) is 29.7 Å². The van der Waals surface area contributed by atoms with Crippen molar-refractivity contribution >= 4 is 17.2 Å². The van der Waals surface area contributed by atoms with Gasteiger partial charge in [0.15, 0.2) is 0 Å². The smallest absolute Gasteiger partial charge is 0.261 e.